The van der Waals surface area contributed by atoms with Crippen LogP contribution in [0.3, 0.4) is 0 Å². The van der Waals surface area contributed by atoms with E-state index in [1.165, 1.54) is 0 Å². The lowest BCUT2D eigenvalue weighted by Gasteiger charge is -2.07. The topological polar surface area (TPSA) is 39.2 Å². The Morgan fingerprint density at radius 3 is 2.89 bits per heavy atom. The van der Waals surface area contributed by atoms with Crippen LogP contribution in [-0.2, 0) is 11.2 Å². The van der Waals surface area contributed by atoms with E-state index < -0.39 is 0 Å². The van der Waals surface area contributed by atoms with E-state index in [1.54, 1.807) is 6.07 Å². The normalized spacial score (nSPS) is 10.1. The number of aromatic nitrogens is 1. The first kappa shape index (κ1) is 12.8. The molecule has 0 saturated heterocycles. The smallest absolute Gasteiger partial charge is 0.219 e. The summed E-state index contributed by atoms with van der Waals surface area (Å²) in [6.45, 7) is 1.91. The van der Waals surface area contributed by atoms with E-state index in [0.29, 0.717) is 18.1 Å². The van der Waals surface area contributed by atoms with E-state index >= 15 is 0 Å². The number of benzene rings is 1. The van der Waals surface area contributed by atoms with Gasteiger partial charge in [-0.2, -0.15) is 0 Å². The fourth-order valence-electron chi connectivity index (χ4n) is 1.56. The summed E-state index contributed by atoms with van der Waals surface area (Å²) in [6, 6.07) is 11.1. The number of ether oxygens (including phenoxy) is 1. The lowest BCUT2D eigenvalue weighted by atomic mass is 10.1. The highest BCUT2D eigenvalue weighted by molar-refractivity contribution is 9.10. The Morgan fingerprint density at radius 2 is 2.17 bits per heavy atom. The van der Waals surface area contributed by atoms with Gasteiger partial charge in [0, 0.05) is 22.7 Å². The van der Waals surface area contributed by atoms with Gasteiger partial charge >= 0.3 is 0 Å². The molecule has 2 rings (SSSR count). The Balaban J connectivity index is 2.24. The average Bonchev–Trinajstić information content (AvgIpc) is 2.34. The largest absolute Gasteiger partial charge is 0.439 e. The van der Waals surface area contributed by atoms with Crippen LogP contribution in [0.25, 0.3) is 0 Å². The molecule has 0 N–H and O–H groups in total. The van der Waals surface area contributed by atoms with Crippen molar-refractivity contribution in [2.24, 2.45) is 0 Å². The van der Waals surface area contributed by atoms with Gasteiger partial charge in [0.05, 0.1) is 0 Å². The minimum Gasteiger partial charge on any atom is -0.439 e. The standard InChI is InChI=1S/C14H12BrNO2/c1-10-3-2-4-14(16-10)18-12-5-6-13(15)11(9-12)7-8-17/h2-6,8-9H,7H2,1H3. The molecule has 0 fully saturated rings. The predicted octanol–water partition coefficient (Wildman–Crippen LogP) is 3.69. The lowest BCUT2D eigenvalue weighted by molar-refractivity contribution is -0.107. The van der Waals surface area contributed by atoms with Crippen molar-refractivity contribution in [3.8, 4) is 11.6 Å². The van der Waals surface area contributed by atoms with Crippen LogP contribution in [0.2, 0.25) is 0 Å². The number of halogens is 1. The maximum Gasteiger partial charge on any atom is 0.219 e. The molecule has 1 aromatic heterocycles. The van der Waals surface area contributed by atoms with Gasteiger partial charge < -0.3 is 9.53 Å². The first-order valence-corrected chi connectivity index (χ1v) is 6.32. The number of carbonyl (C=O) groups excluding carboxylic acids is 1. The Kier molecular flexibility index (Phi) is 4.10. The van der Waals surface area contributed by atoms with Crippen LogP contribution in [0, 0.1) is 6.92 Å². The Bertz CT molecular complexity index is 569. The highest BCUT2D eigenvalue weighted by Crippen LogP contribution is 2.26. The van der Waals surface area contributed by atoms with E-state index in [0.717, 1.165) is 22.0 Å². The summed E-state index contributed by atoms with van der Waals surface area (Å²) in [6.07, 6.45) is 1.23. The fourth-order valence-corrected chi connectivity index (χ4v) is 1.96. The Labute approximate surface area is 114 Å². The minimum atomic E-state index is 0.360. The zero-order valence-electron chi connectivity index (χ0n) is 9.89. The molecule has 2 aromatic rings. The zero-order valence-corrected chi connectivity index (χ0v) is 11.5. The van der Waals surface area contributed by atoms with Gasteiger partial charge in [0.1, 0.15) is 12.0 Å². The third-order valence-corrected chi connectivity index (χ3v) is 3.18. The van der Waals surface area contributed by atoms with Crippen LogP contribution in [0.4, 0.5) is 0 Å². The van der Waals surface area contributed by atoms with E-state index in [9.17, 15) is 4.79 Å². The highest BCUT2D eigenvalue weighted by atomic mass is 79.9. The van der Waals surface area contributed by atoms with Gasteiger partial charge in [-0.3, -0.25) is 0 Å². The molecule has 92 valence electrons. The number of nitrogens with zero attached hydrogens (tertiary/aromatic N) is 1. The van der Waals surface area contributed by atoms with E-state index in [1.807, 2.05) is 37.3 Å². The molecular weight excluding hydrogens is 294 g/mol. The third-order valence-electron chi connectivity index (χ3n) is 2.41. The number of aldehydes is 1. The average molecular weight is 306 g/mol. The van der Waals surface area contributed by atoms with Crippen LogP contribution in [0.1, 0.15) is 11.3 Å². The minimum absolute atomic E-state index is 0.360. The van der Waals surface area contributed by atoms with Crippen LogP contribution < -0.4 is 4.74 Å². The van der Waals surface area contributed by atoms with Crippen molar-refractivity contribution in [3.63, 3.8) is 0 Å². The Morgan fingerprint density at radius 1 is 1.33 bits per heavy atom. The molecule has 0 aliphatic carbocycles. The van der Waals surface area contributed by atoms with Gasteiger partial charge in [0.15, 0.2) is 0 Å². The van der Waals surface area contributed by atoms with Gasteiger partial charge in [-0.1, -0.05) is 22.0 Å². The van der Waals surface area contributed by atoms with E-state index in [2.05, 4.69) is 20.9 Å². The molecule has 4 heteroatoms. The van der Waals surface area contributed by atoms with Gasteiger partial charge in [-0.25, -0.2) is 4.98 Å². The number of hydrogen-bond donors (Lipinski definition) is 0. The Hall–Kier alpha value is -1.68. The summed E-state index contributed by atoms with van der Waals surface area (Å²) in [4.78, 5) is 14.8. The molecular formula is C14H12BrNO2. The van der Waals surface area contributed by atoms with Crippen molar-refractivity contribution < 1.29 is 9.53 Å². The van der Waals surface area contributed by atoms with Gasteiger partial charge in [-0.05, 0) is 36.8 Å². The number of pyridine rings is 1. The SMILES string of the molecule is Cc1cccc(Oc2ccc(Br)c(CC=O)c2)n1. The molecule has 0 radical (unpaired) electrons. The zero-order chi connectivity index (χ0) is 13.0. The molecule has 18 heavy (non-hydrogen) atoms. The number of rotatable bonds is 4. The summed E-state index contributed by atoms with van der Waals surface area (Å²) < 4.78 is 6.56. The maximum atomic E-state index is 10.6. The predicted molar refractivity (Wildman–Crippen MR) is 73.0 cm³/mol. The van der Waals surface area contributed by atoms with Crippen molar-refractivity contribution in [1.82, 2.24) is 4.98 Å². The van der Waals surface area contributed by atoms with Crippen molar-refractivity contribution in [2.75, 3.05) is 0 Å². The summed E-state index contributed by atoms with van der Waals surface area (Å²) in [5, 5.41) is 0. The molecule has 0 aliphatic heterocycles. The highest BCUT2D eigenvalue weighted by Gasteiger charge is 2.04. The molecule has 0 amide bonds. The van der Waals surface area contributed by atoms with Crippen molar-refractivity contribution in [2.45, 2.75) is 13.3 Å². The molecule has 1 aromatic carbocycles. The molecule has 0 atom stereocenters. The summed E-state index contributed by atoms with van der Waals surface area (Å²) in [5.74, 6) is 1.22. The maximum absolute atomic E-state index is 10.6. The van der Waals surface area contributed by atoms with Gasteiger partial charge in [0.2, 0.25) is 5.88 Å². The number of carbonyl (C=O) groups is 1. The summed E-state index contributed by atoms with van der Waals surface area (Å²) in [5.41, 5.74) is 1.80. The number of hydrogen-bond acceptors (Lipinski definition) is 3. The molecule has 0 bridgehead atoms. The summed E-state index contributed by atoms with van der Waals surface area (Å²) >= 11 is 3.40. The molecule has 0 aliphatic rings. The lowest BCUT2D eigenvalue weighted by Crippen LogP contribution is -1.92. The first-order valence-electron chi connectivity index (χ1n) is 5.52. The van der Waals surface area contributed by atoms with Crippen molar-refractivity contribution >= 4 is 22.2 Å². The first-order chi connectivity index (χ1) is 8.69. The molecule has 0 unspecified atom stereocenters. The molecule has 1 heterocycles. The number of aryl methyl sites for hydroxylation is 1. The monoisotopic (exact) mass is 305 g/mol. The quantitative estimate of drug-likeness (QED) is 0.809. The molecule has 0 spiro atoms. The van der Waals surface area contributed by atoms with E-state index in [4.69, 9.17) is 4.74 Å². The fraction of sp³-hybridized carbons (Fsp3) is 0.143. The second-order valence-corrected chi connectivity index (χ2v) is 4.70. The molecule has 3 nitrogen and oxygen atoms in total. The summed E-state index contributed by atoms with van der Waals surface area (Å²) in [7, 11) is 0. The second-order valence-electron chi connectivity index (χ2n) is 3.84. The van der Waals surface area contributed by atoms with Gasteiger partial charge in [0.25, 0.3) is 0 Å². The third kappa shape index (κ3) is 3.17. The van der Waals surface area contributed by atoms with Crippen molar-refractivity contribution in [1.29, 1.82) is 0 Å². The van der Waals surface area contributed by atoms with Crippen LogP contribution in [0.15, 0.2) is 40.9 Å². The van der Waals surface area contributed by atoms with Crippen molar-refractivity contribution in [3.05, 3.63) is 52.1 Å². The van der Waals surface area contributed by atoms with Crippen LogP contribution in [-0.4, -0.2) is 11.3 Å². The second kappa shape index (κ2) is 5.78. The van der Waals surface area contributed by atoms with Crippen LogP contribution >= 0.6 is 15.9 Å². The molecule has 0 saturated carbocycles. The van der Waals surface area contributed by atoms with Gasteiger partial charge in [-0.15, -0.1) is 0 Å². The van der Waals surface area contributed by atoms with Crippen LogP contribution in [0.5, 0.6) is 11.6 Å². The van der Waals surface area contributed by atoms with E-state index in [-0.39, 0.29) is 0 Å².